The average molecular weight is 548 g/mol. The molecule has 1 atom stereocenters. The third-order valence-electron chi connectivity index (χ3n) is 6.68. The number of pyridine rings is 1. The zero-order chi connectivity index (χ0) is 28.3. The molecular weight excluding hydrogens is 510 g/mol. The molecule has 40 heavy (non-hydrogen) atoms. The van der Waals surface area contributed by atoms with E-state index < -0.39 is 11.9 Å². The van der Waals surface area contributed by atoms with Gasteiger partial charge < -0.3 is 37.5 Å². The summed E-state index contributed by atoms with van der Waals surface area (Å²) in [6.45, 7) is 3.75. The fourth-order valence-corrected chi connectivity index (χ4v) is 4.39. The van der Waals surface area contributed by atoms with Gasteiger partial charge in [0.15, 0.2) is 11.5 Å². The molecule has 8 N–H and O–H groups in total. The first-order valence-electron chi connectivity index (χ1n) is 13.5. The van der Waals surface area contributed by atoms with Gasteiger partial charge in [0.2, 0.25) is 5.91 Å². The van der Waals surface area contributed by atoms with Gasteiger partial charge in [-0.3, -0.25) is 14.6 Å². The van der Waals surface area contributed by atoms with Crippen molar-refractivity contribution in [3.05, 3.63) is 60.2 Å². The van der Waals surface area contributed by atoms with Gasteiger partial charge in [-0.05, 0) is 37.4 Å². The van der Waals surface area contributed by atoms with E-state index in [1.807, 2.05) is 30.3 Å². The third-order valence-corrected chi connectivity index (χ3v) is 6.68. The van der Waals surface area contributed by atoms with Crippen molar-refractivity contribution in [3.63, 3.8) is 0 Å². The molecule has 1 fully saturated rings. The number of ether oxygens (including phenoxy) is 1. The van der Waals surface area contributed by atoms with Crippen molar-refractivity contribution in [2.45, 2.75) is 31.7 Å². The lowest BCUT2D eigenvalue weighted by Crippen LogP contribution is -2.41. The van der Waals surface area contributed by atoms with Gasteiger partial charge in [0.05, 0.1) is 48.7 Å². The molecule has 2 aromatic heterocycles. The van der Waals surface area contributed by atoms with Crippen molar-refractivity contribution in [3.8, 4) is 11.3 Å². The molecule has 0 radical (unpaired) electrons. The molecule has 1 saturated heterocycles. The minimum Gasteiger partial charge on any atom is -0.382 e. The minimum absolute atomic E-state index is 0.0314. The number of carbonyl (C=O) groups excluding carboxylic acids is 2. The Morgan fingerprint density at radius 2 is 1.85 bits per heavy atom. The standard InChI is InChI=1S/C28H37N9O3/c29-10-2-1-3-21(30)27(38)33-12-8-19-4-6-20(7-5-19)22-18-34-26(31)25(35-22)28(39)36-23-17-32-11-9-24(23)37-13-15-40-16-14-37/h4-7,9,11,17-18,21H,1-3,8,10,12-16,29-30H2,(H2,31,34)(H,33,38)(H,36,39)/t21-/m0/s1. The van der Waals surface area contributed by atoms with Crippen molar-refractivity contribution >= 4 is 29.0 Å². The topological polar surface area (TPSA) is 187 Å². The van der Waals surface area contributed by atoms with Gasteiger partial charge in [0, 0.05) is 31.4 Å². The largest absolute Gasteiger partial charge is 0.382 e. The van der Waals surface area contributed by atoms with Gasteiger partial charge in [-0.15, -0.1) is 0 Å². The third kappa shape index (κ3) is 7.72. The Morgan fingerprint density at radius 3 is 2.60 bits per heavy atom. The van der Waals surface area contributed by atoms with E-state index in [4.69, 9.17) is 21.9 Å². The van der Waals surface area contributed by atoms with Crippen molar-refractivity contribution in [2.75, 3.05) is 55.3 Å². The Kier molecular flexibility index (Phi) is 10.3. The number of morpholine rings is 1. The Hall–Kier alpha value is -4.13. The fourth-order valence-electron chi connectivity index (χ4n) is 4.39. The molecule has 1 aromatic carbocycles. The summed E-state index contributed by atoms with van der Waals surface area (Å²) in [6, 6.07) is 9.03. The highest BCUT2D eigenvalue weighted by molar-refractivity contribution is 6.07. The number of benzene rings is 1. The van der Waals surface area contributed by atoms with Crippen molar-refractivity contribution in [2.24, 2.45) is 11.5 Å². The maximum Gasteiger partial charge on any atom is 0.278 e. The fraction of sp³-hybridized carbons (Fsp3) is 0.393. The molecular formula is C28H37N9O3. The average Bonchev–Trinajstić information content (AvgIpc) is 2.98. The summed E-state index contributed by atoms with van der Waals surface area (Å²) in [5.74, 6) is -0.588. The number of hydrogen-bond acceptors (Lipinski definition) is 10. The van der Waals surface area contributed by atoms with E-state index in [2.05, 4.69) is 30.5 Å². The number of amides is 2. The summed E-state index contributed by atoms with van der Waals surface area (Å²) < 4.78 is 5.44. The molecule has 12 heteroatoms. The predicted molar refractivity (Wildman–Crippen MR) is 155 cm³/mol. The quantitative estimate of drug-likeness (QED) is 0.207. The molecule has 3 aromatic rings. The van der Waals surface area contributed by atoms with Gasteiger partial charge in [0.25, 0.3) is 5.91 Å². The molecule has 12 nitrogen and oxygen atoms in total. The second-order valence-corrected chi connectivity index (χ2v) is 9.56. The van der Waals surface area contributed by atoms with Crippen molar-refractivity contribution < 1.29 is 14.3 Å². The maximum absolute atomic E-state index is 13.2. The molecule has 1 aliphatic heterocycles. The van der Waals surface area contributed by atoms with Crippen LogP contribution in [0.15, 0.2) is 48.9 Å². The molecule has 3 heterocycles. The van der Waals surface area contributed by atoms with E-state index in [0.29, 0.717) is 50.5 Å². The molecule has 0 aliphatic carbocycles. The zero-order valence-corrected chi connectivity index (χ0v) is 22.5. The van der Waals surface area contributed by atoms with Gasteiger partial charge >= 0.3 is 0 Å². The summed E-state index contributed by atoms with van der Waals surface area (Å²) in [7, 11) is 0. The Labute approximate surface area is 233 Å². The second kappa shape index (κ2) is 14.3. The first kappa shape index (κ1) is 28.9. The molecule has 212 valence electrons. The van der Waals surface area contributed by atoms with E-state index >= 15 is 0 Å². The number of anilines is 3. The van der Waals surface area contributed by atoms with Crippen molar-refractivity contribution in [1.29, 1.82) is 0 Å². The Balaban J connectivity index is 1.37. The van der Waals surface area contributed by atoms with E-state index in [0.717, 1.165) is 42.7 Å². The predicted octanol–water partition coefficient (Wildman–Crippen LogP) is 1.32. The monoisotopic (exact) mass is 547 g/mol. The molecule has 2 amide bonds. The normalized spacial score (nSPS) is 14.0. The van der Waals surface area contributed by atoms with Crippen molar-refractivity contribution in [1.82, 2.24) is 20.3 Å². The number of carbonyl (C=O) groups is 2. The number of nitrogens with zero attached hydrogens (tertiary/aromatic N) is 4. The summed E-state index contributed by atoms with van der Waals surface area (Å²) in [5, 5.41) is 5.78. The highest BCUT2D eigenvalue weighted by Gasteiger charge is 2.20. The maximum atomic E-state index is 13.2. The van der Waals surface area contributed by atoms with E-state index in [1.54, 1.807) is 12.4 Å². The van der Waals surface area contributed by atoms with Crippen LogP contribution >= 0.6 is 0 Å². The van der Waals surface area contributed by atoms with Crippen LogP contribution in [0, 0.1) is 0 Å². The number of aromatic nitrogens is 3. The van der Waals surface area contributed by atoms with Gasteiger partial charge in [0.1, 0.15) is 0 Å². The number of unbranched alkanes of at least 4 members (excludes halogenated alkanes) is 1. The molecule has 0 spiro atoms. The van der Waals surface area contributed by atoms with E-state index in [-0.39, 0.29) is 17.4 Å². The number of nitrogens with two attached hydrogens (primary N) is 3. The van der Waals surface area contributed by atoms with E-state index in [9.17, 15) is 9.59 Å². The first-order valence-corrected chi connectivity index (χ1v) is 13.5. The first-order chi connectivity index (χ1) is 19.5. The number of rotatable bonds is 12. The zero-order valence-electron chi connectivity index (χ0n) is 22.5. The van der Waals surface area contributed by atoms with Crippen LogP contribution in [0.3, 0.4) is 0 Å². The lowest BCUT2D eigenvalue weighted by molar-refractivity contribution is -0.122. The molecule has 0 bridgehead atoms. The second-order valence-electron chi connectivity index (χ2n) is 9.56. The van der Waals surface area contributed by atoms with Gasteiger partial charge in [-0.25, -0.2) is 9.97 Å². The lowest BCUT2D eigenvalue weighted by Gasteiger charge is -2.30. The molecule has 0 saturated carbocycles. The van der Waals surface area contributed by atoms with Crippen LogP contribution < -0.4 is 32.7 Å². The Morgan fingerprint density at radius 1 is 1.07 bits per heavy atom. The summed E-state index contributed by atoms with van der Waals surface area (Å²) in [4.78, 5) is 40.4. The van der Waals surface area contributed by atoms with Crippen LogP contribution in [0.25, 0.3) is 11.3 Å². The van der Waals surface area contributed by atoms with Crippen LogP contribution in [0.4, 0.5) is 17.2 Å². The highest BCUT2D eigenvalue weighted by atomic mass is 16.5. The van der Waals surface area contributed by atoms with Gasteiger partial charge in [-0.1, -0.05) is 30.7 Å². The molecule has 1 aliphatic rings. The number of nitrogen functional groups attached to an aromatic ring is 1. The van der Waals surface area contributed by atoms with E-state index in [1.165, 1.54) is 6.20 Å². The van der Waals surface area contributed by atoms with Crippen LogP contribution in [0.5, 0.6) is 0 Å². The summed E-state index contributed by atoms with van der Waals surface area (Å²) in [5.41, 5.74) is 21.2. The van der Waals surface area contributed by atoms with Crippen LogP contribution in [0.1, 0.15) is 35.3 Å². The smallest absolute Gasteiger partial charge is 0.278 e. The van der Waals surface area contributed by atoms with Crippen LogP contribution in [-0.4, -0.2) is 72.2 Å². The van der Waals surface area contributed by atoms with Crippen LogP contribution in [-0.2, 0) is 16.0 Å². The summed E-state index contributed by atoms with van der Waals surface area (Å²) >= 11 is 0. The number of nitrogens with one attached hydrogen (secondary N) is 2. The minimum atomic E-state index is -0.520. The van der Waals surface area contributed by atoms with Crippen LogP contribution in [0.2, 0.25) is 0 Å². The Bertz CT molecular complexity index is 1280. The summed E-state index contributed by atoms with van der Waals surface area (Å²) in [6.07, 6.45) is 7.80. The highest BCUT2D eigenvalue weighted by Crippen LogP contribution is 2.26. The molecule has 0 unspecified atom stereocenters. The number of hydrogen-bond donors (Lipinski definition) is 5. The SMILES string of the molecule is NCCCC[C@H](N)C(=O)NCCc1ccc(-c2cnc(N)c(C(=O)Nc3cnccc3N3CCOCC3)n2)cc1. The lowest BCUT2D eigenvalue weighted by atomic mass is 10.1. The molecule has 4 rings (SSSR count). The van der Waals surface area contributed by atoms with Gasteiger partial charge in [-0.2, -0.15) is 0 Å².